The molecule has 3 aromatic rings. The fourth-order valence-corrected chi connectivity index (χ4v) is 2.63. The molecule has 0 aliphatic rings. The second kappa shape index (κ2) is 7.15. The van der Waals surface area contributed by atoms with Crippen LogP contribution in [0.3, 0.4) is 0 Å². The number of benzene rings is 2. The van der Waals surface area contributed by atoms with E-state index in [1.165, 1.54) is 11.0 Å². The van der Waals surface area contributed by atoms with E-state index in [-0.39, 0.29) is 5.69 Å². The quantitative estimate of drug-likeness (QED) is 0.589. The number of nitrogens with zero attached hydrogens (tertiary/aromatic N) is 2. The predicted molar refractivity (Wildman–Crippen MR) is 95.1 cm³/mol. The highest BCUT2D eigenvalue weighted by atomic mass is 16.5. The molecule has 0 saturated heterocycles. The molecule has 126 valence electrons. The van der Waals surface area contributed by atoms with Crippen molar-refractivity contribution in [3.63, 3.8) is 0 Å². The first-order valence-corrected chi connectivity index (χ1v) is 7.91. The summed E-state index contributed by atoms with van der Waals surface area (Å²) in [6.45, 7) is 1.62. The summed E-state index contributed by atoms with van der Waals surface area (Å²) >= 11 is 0. The fraction of sp³-hybridized carbons (Fsp3) is 0.100. The molecule has 0 radical (unpaired) electrons. The van der Waals surface area contributed by atoms with E-state index >= 15 is 0 Å². The molecular formula is C20H18N2O3. The van der Waals surface area contributed by atoms with Crippen molar-refractivity contribution in [1.29, 1.82) is 0 Å². The van der Waals surface area contributed by atoms with Crippen LogP contribution in [0.5, 0.6) is 0 Å². The number of amides is 1. The first kappa shape index (κ1) is 16.7. The van der Waals surface area contributed by atoms with Crippen molar-refractivity contribution < 1.29 is 14.6 Å². The number of anilines is 2. The molecule has 0 unspecified atom stereocenters. The van der Waals surface area contributed by atoms with Gasteiger partial charge >= 0.3 is 0 Å². The minimum Gasteiger partial charge on any atom is -0.618 e. The summed E-state index contributed by atoms with van der Waals surface area (Å²) in [4.78, 5) is 14.4. The normalized spacial score (nSPS) is 11.8. The van der Waals surface area contributed by atoms with E-state index in [9.17, 15) is 15.1 Å². The van der Waals surface area contributed by atoms with Gasteiger partial charge < -0.3 is 10.3 Å². The molecule has 1 amide bonds. The molecule has 0 saturated carbocycles. The summed E-state index contributed by atoms with van der Waals surface area (Å²) in [6.07, 6.45) is -1.57. The maximum absolute atomic E-state index is 13.0. The highest BCUT2D eigenvalue weighted by Crippen LogP contribution is 2.28. The number of hydrogen-bond donors (Lipinski definition) is 1. The number of para-hydroxylation sites is 2. The Morgan fingerprint density at radius 2 is 1.44 bits per heavy atom. The molecular weight excluding hydrogens is 316 g/mol. The van der Waals surface area contributed by atoms with Crippen molar-refractivity contribution in [3.05, 3.63) is 95.5 Å². The van der Waals surface area contributed by atoms with Crippen LogP contribution >= 0.6 is 0 Å². The first-order valence-electron chi connectivity index (χ1n) is 7.91. The second-order valence-electron chi connectivity index (χ2n) is 5.63. The lowest BCUT2D eigenvalue weighted by Gasteiger charge is -2.25. The third kappa shape index (κ3) is 3.36. The number of hydrogen-bond acceptors (Lipinski definition) is 3. The van der Waals surface area contributed by atoms with E-state index < -0.39 is 12.0 Å². The van der Waals surface area contributed by atoms with Crippen LogP contribution < -0.4 is 9.63 Å². The van der Waals surface area contributed by atoms with Crippen LogP contribution in [0.4, 0.5) is 11.4 Å². The predicted octanol–water partition coefficient (Wildman–Crippen LogP) is 3.03. The van der Waals surface area contributed by atoms with Gasteiger partial charge in [-0.2, -0.15) is 4.73 Å². The molecule has 1 atom stereocenters. The molecule has 1 N–H and O–H groups in total. The zero-order chi connectivity index (χ0) is 17.8. The Kier molecular flexibility index (Phi) is 4.77. The topological polar surface area (TPSA) is 67.5 Å². The molecule has 25 heavy (non-hydrogen) atoms. The van der Waals surface area contributed by atoms with Gasteiger partial charge in [-0.15, -0.1) is 0 Å². The largest absolute Gasteiger partial charge is 0.618 e. The van der Waals surface area contributed by atoms with Gasteiger partial charge in [-0.25, -0.2) is 0 Å². The Morgan fingerprint density at radius 3 is 1.96 bits per heavy atom. The van der Waals surface area contributed by atoms with Crippen LogP contribution in [-0.2, 0) is 4.79 Å². The molecule has 0 bridgehead atoms. The smallest absolute Gasteiger partial charge is 0.271 e. The van der Waals surface area contributed by atoms with Gasteiger partial charge in [0.2, 0.25) is 11.8 Å². The lowest BCUT2D eigenvalue weighted by atomic mass is 10.1. The Morgan fingerprint density at radius 1 is 0.920 bits per heavy atom. The lowest BCUT2D eigenvalue weighted by Crippen LogP contribution is -2.41. The summed E-state index contributed by atoms with van der Waals surface area (Å²) < 4.78 is 0.580. The van der Waals surface area contributed by atoms with Crippen molar-refractivity contribution in [2.24, 2.45) is 0 Å². The van der Waals surface area contributed by atoms with E-state index in [2.05, 4.69) is 0 Å². The Labute approximate surface area is 146 Å². The van der Waals surface area contributed by atoms with Crippen LogP contribution in [0.1, 0.15) is 17.5 Å². The third-order valence-electron chi connectivity index (χ3n) is 3.92. The average molecular weight is 334 g/mol. The van der Waals surface area contributed by atoms with Crippen LogP contribution in [0.2, 0.25) is 0 Å². The number of rotatable bonds is 4. The molecule has 1 heterocycles. The fourth-order valence-electron chi connectivity index (χ4n) is 2.63. The SMILES string of the molecule is Cc1cccc([C@H](O)C(=O)N(c2ccccc2)c2ccccc2)[n+]1[O-]. The number of aliphatic hydroxyl groups is 1. The van der Waals surface area contributed by atoms with Gasteiger partial charge in [0, 0.05) is 30.4 Å². The van der Waals surface area contributed by atoms with Crippen LogP contribution in [0.25, 0.3) is 0 Å². The molecule has 1 aromatic heterocycles. The molecule has 5 nitrogen and oxygen atoms in total. The number of carbonyl (C=O) groups is 1. The van der Waals surface area contributed by atoms with Gasteiger partial charge in [-0.3, -0.25) is 9.69 Å². The maximum Gasteiger partial charge on any atom is 0.271 e. The summed E-state index contributed by atoms with van der Waals surface area (Å²) in [6, 6.07) is 22.8. The molecule has 3 rings (SSSR count). The van der Waals surface area contributed by atoms with Gasteiger partial charge in [0.15, 0.2) is 5.69 Å². The molecule has 0 aliphatic carbocycles. The number of pyridine rings is 1. The van der Waals surface area contributed by atoms with Gasteiger partial charge in [-0.05, 0) is 30.3 Å². The zero-order valence-electron chi connectivity index (χ0n) is 13.7. The van der Waals surface area contributed by atoms with Crippen molar-refractivity contribution >= 4 is 17.3 Å². The second-order valence-corrected chi connectivity index (χ2v) is 5.63. The molecule has 2 aromatic carbocycles. The van der Waals surface area contributed by atoms with Gasteiger partial charge in [0.25, 0.3) is 5.91 Å². The summed E-state index contributed by atoms with van der Waals surface area (Å²) in [7, 11) is 0. The number of aliphatic hydroxyl groups excluding tert-OH is 1. The molecule has 0 aliphatic heterocycles. The van der Waals surface area contributed by atoms with E-state index in [0.29, 0.717) is 21.8 Å². The summed E-state index contributed by atoms with van der Waals surface area (Å²) in [5.74, 6) is -0.590. The Balaban J connectivity index is 2.04. The lowest BCUT2D eigenvalue weighted by molar-refractivity contribution is -0.624. The minimum absolute atomic E-state index is 0.00172. The highest BCUT2D eigenvalue weighted by molar-refractivity contribution is 6.03. The van der Waals surface area contributed by atoms with Crippen molar-refractivity contribution in [1.82, 2.24) is 0 Å². The van der Waals surface area contributed by atoms with E-state index in [1.807, 2.05) is 36.4 Å². The third-order valence-corrected chi connectivity index (χ3v) is 3.92. The minimum atomic E-state index is -1.57. The molecule has 0 spiro atoms. The zero-order valence-corrected chi connectivity index (χ0v) is 13.7. The average Bonchev–Trinajstić information content (AvgIpc) is 2.65. The number of aromatic nitrogens is 1. The van der Waals surface area contributed by atoms with E-state index in [1.54, 1.807) is 43.3 Å². The van der Waals surface area contributed by atoms with Crippen LogP contribution in [0, 0.1) is 12.1 Å². The molecule has 5 heteroatoms. The Bertz CT molecular complexity index is 827. The highest BCUT2D eigenvalue weighted by Gasteiger charge is 2.31. The number of aryl methyl sites for hydroxylation is 1. The van der Waals surface area contributed by atoms with Crippen molar-refractivity contribution in [3.8, 4) is 0 Å². The standard InChI is InChI=1S/C20H18N2O3/c1-15-9-8-14-18(22(15)25)19(23)20(24)21(16-10-4-2-5-11-16)17-12-6-3-7-13-17/h2-14,19,23H,1H3/t19-/m0/s1. The summed E-state index contributed by atoms with van der Waals surface area (Å²) in [5.41, 5.74) is 1.64. The maximum atomic E-state index is 13.0. The van der Waals surface area contributed by atoms with Gasteiger partial charge in [-0.1, -0.05) is 36.4 Å². The first-order chi connectivity index (χ1) is 12.1. The van der Waals surface area contributed by atoms with Crippen molar-refractivity contribution in [2.75, 3.05) is 4.90 Å². The van der Waals surface area contributed by atoms with Gasteiger partial charge in [0.05, 0.1) is 0 Å². The van der Waals surface area contributed by atoms with E-state index in [4.69, 9.17) is 0 Å². The number of carbonyl (C=O) groups excluding carboxylic acids is 1. The Hall–Kier alpha value is -3.18. The monoisotopic (exact) mass is 334 g/mol. The molecule has 0 fully saturated rings. The summed E-state index contributed by atoms with van der Waals surface area (Å²) in [5, 5.41) is 22.8. The van der Waals surface area contributed by atoms with Gasteiger partial charge in [0.1, 0.15) is 0 Å². The van der Waals surface area contributed by atoms with E-state index in [0.717, 1.165) is 0 Å². The van der Waals surface area contributed by atoms with Crippen LogP contribution in [0.15, 0.2) is 78.9 Å². The van der Waals surface area contributed by atoms with Crippen LogP contribution in [-0.4, -0.2) is 11.0 Å². The van der Waals surface area contributed by atoms with Crippen molar-refractivity contribution in [2.45, 2.75) is 13.0 Å².